The third-order valence-corrected chi connectivity index (χ3v) is 2.58. The fourth-order valence-corrected chi connectivity index (χ4v) is 1.82. The van der Waals surface area contributed by atoms with Gasteiger partial charge in [-0.25, -0.2) is 0 Å². The fourth-order valence-electron chi connectivity index (χ4n) is 1.82. The van der Waals surface area contributed by atoms with Crippen molar-refractivity contribution in [1.29, 1.82) is 0 Å². The van der Waals surface area contributed by atoms with Crippen molar-refractivity contribution in [2.24, 2.45) is 0 Å². The number of piperidine rings is 1. The molecule has 0 saturated carbocycles. The van der Waals surface area contributed by atoms with E-state index in [0.29, 0.717) is 6.10 Å². The molecule has 0 bridgehead atoms. The van der Waals surface area contributed by atoms with Gasteiger partial charge in [-0.2, -0.15) is 0 Å². The summed E-state index contributed by atoms with van der Waals surface area (Å²) in [5.74, 6) is 2.72. The van der Waals surface area contributed by atoms with Crippen molar-refractivity contribution in [3.05, 3.63) is 17.6 Å². The van der Waals surface area contributed by atoms with E-state index in [1.807, 2.05) is 19.9 Å². The SMILES string of the molecule is Cc1cc(OC2CCNCC2)c(C)o1. The quantitative estimate of drug-likeness (QED) is 0.784. The molecule has 0 radical (unpaired) electrons. The van der Waals surface area contributed by atoms with Gasteiger partial charge in [-0.05, 0) is 39.8 Å². The molecule has 2 heterocycles. The van der Waals surface area contributed by atoms with Gasteiger partial charge < -0.3 is 14.5 Å². The molecule has 0 unspecified atom stereocenters. The van der Waals surface area contributed by atoms with E-state index in [2.05, 4.69) is 5.32 Å². The second-order valence-electron chi connectivity index (χ2n) is 3.84. The average molecular weight is 195 g/mol. The molecule has 1 aliphatic rings. The Hall–Kier alpha value is -0.960. The molecule has 1 aromatic rings. The van der Waals surface area contributed by atoms with Crippen LogP contribution in [0.3, 0.4) is 0 Å². The Morgan fingerprint density at radius 3 is 2.64 bits per heavy atom. The lowest BCUT2D eigenvalue weighted by Crippen LogP contribution is -2.34. The molecule has 0 aromatic carbocycles. The highest BCUT2D eigenvalue weighted by Gasteiger charge is 2.16. The van der Waals surface area contributed by atoms with Gasteiger partial charge in [-0.1, -0.05) is 0 Å². The normalized spacial score (nSPS) is 18.4. The number of furan rings is 1. The topological polar surface area (TPSA) is 34.4 Å². The van der Waals surface area contributed by atoms with Crippen LogP contribution in [0.5, 0.6) is 5.75 Å². The molecule has 1 saturated heterocycles. The van der Waals surface area contributed by atoms with Crippen LogP contribution >= 0.6 is 0 Å². The zero-order chi connectivity index (χ0) is 9.97. The van der Waals surface area contributed by atoms with Gasteiger partial charge in [0.2, 0.25) is 0 Å². The smallest absolute Gasteiger partial charge is 0.160 e. The second kappa shape index (κ2) is 4.05. The first-order valence-electron chi connectivity index (χ1n) is 5.20. The van der Waals surface area contributed by atoms with Gasteiger partial charge in [-0.15, -0.1) is 0 Å². The van der Waals surface area contributed by atoms with Crippen molar-refractivity contribution >= 4 is 0 Å². The van der Waals surface area contributed by atoms with E-state index in [9.17, 15) is 0 Å². The second-order valence-corrected chi connectivity index (χ2v) is 3.84. The van der Waals surface area contributed by atoms with Crippen molar-refractivity contribution in [2.75, 3.05) is 13.1 Å². The van der Waals surface area contributed by atoms with E-state index < -0.39 is 0 Å². The number of nitrogens with one attached hydrogen (secondary N) is 1. The molecule has 0 atom stereocenters. The summed E-state index contributed by atoms with van der Waals surface area (Å²) < 4.78 is 11.3. The van der Waals surface area contributed by atoms with E-state index in [-0.39, 0.29) is 0 Å². The first kappa shape index (κ1) is 9.59. The summed E-state index contributed by atoms with van der Waals surface area (Å²) in [4.78, 5) is 0. The molecule has 3 heteroatoms. The summed E-state index contributed by atoms with van der Waals surface area (Å²) in [6.45, 7) is 6.01. The van der Waals surface area contributed by atoms with Crippen molar-refractivity contribution in [1.82, 2.24) is 5.32 Å². The third kappa shape index (κ3) is 2.10. The molecule has 0 aliphatic carbocycles. The lowest BCUT2D eigenvalue weighted by Gasteiger charge is -2.23. The number of hydrogen-bond donors (Lipinski definition) is 1. The van der Waals surface area contributed by atoms with Crippen LogP contribution in [0.2, 0.25) is 0 Å². The maximum absolute atomic E-state index is 5.87. The highest BCUT2D eigenvalue weighted by Crippen LogP contribution is 2.24. The van der Waals surface area contributed by atoms with Crippen LogP contribution in [0.25, 0.3) is 0 Å². The van der Waals surface area contributed by atoms with Crippen LogP contribution in [0.1, 0.15) is 24.4 Å². The van der Waals surface area contributed by atoms with Crippen molar-refractivity contribution < 1.29 is 9.15 Å². The molecule has 1 aromatic heterocycles. The minimum absolute atomic E-state index is 0.354. The highest BCUT2D eigenvalue weighted by atomic mass is 16.5. The van der Waals surface area contributed by atoms with Crippen LogP contribution in [0.4, 0.5) is 0 Å². The van der Waals surface area contributed by atoms with Gasteiger partial charge in [0.1, 0.15) is 17.6 Å². The Balaban J connectivity index is 1.98. The summed E-state index contributed by atoms with van der Waals surface area (Å²) in [5.41, 5.74) is 0. The zero-order valence-electron chi connectivity index (χ0n) is 8.80. The lowest BCUT2D eigenvalue weighted by atomic mass is 10.1. The number of hydrogen-bond acceptors (Lipinski definition) is 3. The van der Waals surface area contributed by atoms with Gasteiger partial charge in [0.05, 0.1) is 0 Å². The Morgan fingerprint density at radius 1 is 1.36 bits per heavy atom. The molecule has 14 heavy (non-hydrogen) atoms. The number of rotatable bonds is 2. The molecule has 3 nitrogen and oxygen atoms in total. The Morgan fingerprint density at radius 2 is 2.07 bits per heavy atom. The fraction of sp³-hybridized carbons (Fsp3) is 0.636. The largest absolute Gasteiger partial charge is 0.487 e. The summed E-state index contributed by atoms with van der Waals surface area (Å²) in [6, 6.07) is 1.97. The minimum Gasteiger partial charge on any atom is -0.487 e. The van der Waals surface area contributed by atoms with E-state index >= 15 is 0 Å². The minimum atomic E-state index is 0.354. The van der Waals surface area contributed by atoms with E-state index in [1.54, 1.807) is 0 Å². The van der Waals surface area contributed by atoms with E-state index in [0.717, 1.165) is 43.2 Å². The maximum Gasteiger partial charge on any atom is 0.160 e. The molecule has 1 N–H and O–H groups in total. The molecule has 1 fully saturated rings. The van der Waals surface area contributed by atoms with Crippen molar-refractivity contribution in [3.63, 3.8) is 0 Å². The summed E-state index contributed by atoms with van der Waals surface area (Å²) >= 11 is 0. The van der Waals surface area contributed by atoms with Crippen molar-refractivity contribution in [3.8, 4) is 5.75 Å². The van der Waals surface area contributed by atoms with Gasteiger partial charge in [0.25, 0.3) is 0 Å². The number of ether oxygens (including phenoxy) is 1. The molecule has 78 valence electrons. The van der Waals surface area contributed by atoms with Crippen LogP contribution in [0.15, 0.2) is 10.5 Å². The Bertz CT molecular complexity index is 300. The lowest BCUT2D eigenvalue weighted by molar-refractivity contribution is 0.159. The first-order valence-corrected chi connectivity index (χ1v) is 5.20. The van der Waals surface area contributed by atoms with Crippen LogP contribution in [-0.4, -0.2) is 19.2 Å². The van der Waals surface area contributed by atoms with Crippen LogP contribution in [-0.2, 0) is 0 Å². The van der Waals surface area contributed by atoms with Gasteiger partial charge in [0, 0.05) is 6.07 Å². The van der Waals surface area contributed by atoms with Gasteiger partial charge >= 0.3 is 0 Å². The highest BCUT2D eigenvalue weighted by molar-refractivity contribution is 5.27. The number of aryl methyl sites for hydroxylation is 2. The molecule has 0 spiro atoms. The summed E-state index contributed by atoms with van der Waals surface area (Å²) in [5, 5.41) is 3.32. The zero-order valence-corrected chi connectivity index (χ0v) is 8.80. The average Bonchev–Trinajstić information content (AvgIpc) is 2.47. The molecular weight excluding hydrogens is 178 g/mol. The van der Waals surface area contributed by atoms with E-state index in [1.165, 1.54) is 0 Å². The van der Waals surface area contributed by atoms with E-state index in [4.69, 9.17) is 9.15 Å². The molecular formula is C11H17NO2. The molecule has 0 amide bonds. The monoisotopic (exact) mass is 195 g/mol. The first-order chi connectivity index (χ1) is 6.75. The predicted octanol–water partition coefficient (Wildman–Crippen LogP) is 2.03. The van der Waals surface area contributed by atoms with Crippen molar-refractivity contribution in [2.45, 2.75) is 32.8 Å². The summed E-state index contributed by atoms with van der Waals surface area (Å²) in [7, 11) is 0. The standard InChI is InChI=1S/C11H17NO2/c1-8-7-11(9(2)13-8)14-10-3-5-12-6-4-10/h7,10,12H,3-6H2,1-2H3. The Labute approximate surface area is 84.4 Å². The summed E-state index contributed by atoms with van der Waals surface area (Å²) in [6.07, 6.45) is 2.53. The van der Waals surface area contributed by atoms with Crippen LogP contribution < -0.4 is 10.1 Å². The Kier molecular flexibility index (Phi) is 2.77. The predicted molar refractivity (Wildman–Crippen MR) is 54.7 cm³/mol. The molecule has 2 rings (SSSR count). The maximum atomic E-state index is 5.87. The van der Waals surface area contributed by atoms with Gasteiger partial charge in [0.15, 0.2) is 5.75 Å². The van der Waals surface area contributed by atoms with Crippen LogP contribution in [0, 0.1) is 13.8 Å². The van der Waals surface area contributed by atoms with Gasteiger partial charge in [-0.3, -0.25) is 0 Å². The third-order valence-electron chi connectivity index (χ3n) is 2.58. The molecule has 1 aliphatic heterocycles.